The van der Waals surface area contributed by atoms with Crippen molar-refractivity contribution < 1.29 is 23.9 Å². The van der Waals surface area contributed by atoms with Gasteiger partial charge in [0, 0.05) is 17.6 Å². The monoisotopic (exact) mass is 425 g/mol. The molecule has 0 atom stereocenters. The summed E-state index contributed by atoms with van der Waals surface area (Å²) >= 11 is 3.25. The lowest BCUT2D eigenvalue weighted by Gasteiger charge is -2.19. The molecule has 1 heterocycles. The van der Waals surface area contributed by atoms with Gasteiger partial charge in [0.25, 0.3) is 11.8 Å². The molecule has 1 aromatic carbocycles. The summed E-state index contributed by atoms with van der Waals surface area (Å²) in [5.41, 5.74) is -0.0604. The van der Waals surface area contributed by atoms with Crippen molar-refractivity contribution in [3.8, 4) is 0 Å². The molecule has 26 heavy (non-hydrogen) atoms. The number of benzene rings is 1. The molecule has 0 radical (unpaired) electrons. The van der Waals surface area contributed by atoms with Crippen LogP contribution in [0.1, 0.15) is 41.5 Å². The van der Waals surface area contributed by atoms with Crippen LogP contribution in [0.3, 0.4) is 0 Å². The van der Waals surface area contributed by atoms with E-state index in [0.29, 0.717) is 4.47 Å². The fourth-order valence-corrected chi connectivity index (χ4v) is 2.65. The van der Waals surface area contributed by atoms with Crippen LogP contribution in [0.2, 0.25) is 0 Å². The van der Waals surface area contributed by atoms with Gasteiger partial charge in [-0.15, -0.1) is 0 Å². The third kappa shape index (κ3) is 5.04. The van der Waals surface area contributed by atoms with E-state index < -0.39 is 29.4 Å². The maximum Gasteiger partial charge on any atom is 0.407 e. The maximum absolute atomic E-state index is 12.3. The number of fused-ring (bicyclic) bond motifs is 1. The highest BCUT2D eigenvalue weighted by molar-refractivity contribution is 9.10. The number of carbonyl (C=O) groups is 4. The van der Waals surface area contributed by atoms with Crippen molar-refractivity contribution in [3.63, 3.8) is 0 Å². The first-order chi connectivity index (χ1) is 12.1. The molecule has 0 saturated carbocycles. The van der Waals surface area contributed by atoms with Crippen LogP contribution in [0.5, 0.6) is 0 Å². The molecule has 0 spiro atoms. The van der Waals surface area contributed by atoms with Gasteiger partial charge in [0.1, 0.15) is 12.1 Å². The smallest absolute Gasteiger partial charge is 0.407 e. The first-order valence-corrected chi connectivity index (χ1v) is 8.77. The minimum absolute atomic E-state index is 0.146. The Hall–Kier alpha value is -2.42. The van der Waals surface area contributed by atoms with E-state index >= 15 is 0 Å². The molecule has 140 valence electrons. The van der Waals surface area contributed by atoms with E-state index in [-0.39, 0.29) is 30.8 Å². The minimum atomic E-state index is -0.603. The third-order valence-corrected chi connectivity index (χ3v) is 3.84. The third-order valence-electron chi connectivity index (χ3n) is 3.35. The first-order valence-electron chi connectivity index (χ1n) is 7.98. The Morgan fingerprint density at radius 2 is 1.69 bits per heavy atom. The Labute approximate surface area is 159 Å². The molecule has 2 N–H and O–H groups in total. The number of ether oxygens (including phenoxy) is 1. The van der Waals surface area contributed by atoms with Crippen molar-refractivity contribution in [1.82, 2.24) is 15.5 Å². The quantitative estimate of drug-likeness (QED) is 0.551. The van der Waals surface area contributed by atoms with E-state index in [9.17, 15) is 19.2 Å². The lowest BCUT2D eigenvalue weighted by Crippen LogP contribution is -2.43. The summed E-state index contributed by atoms with van der Waals surface area (Å²) in [6.07, 6.45) is -0.585. The second-order valence-corrected chi connectivity index (χ2v) is 7.58. The van der Waals surface area contributed by atoms with Gasteiger partial charge in [-0.3, -0.25) is 19.3 Å². The zero-order valence-corrected chi connectivity index (χ0v) is 16.3. The van der Waals surface area contributed by atoms with E-state index in [1.165, 1.54) is 0 Å². The van der Waals surface area contributed by atoms with E-state index in [2.05, 4.69) is 26.6 Å². The van der Waals surface area contributed by atoms with Crippen LogP contribution in [-0.2, 0) is 9.53 Å². The molecule has 1 aliphatic rings. The van der Waals surface area contributed by atoms with Gasteiger partial charge >= 0.3 is 6.09 Å². The van der Waals surface area contributed by atoms with Crippen LogP contribution in [0.25, 0.3) is 0 Å². The van der Waals surface area contributed by atoms with Crippen LogP contribution < -0.4 is 10.6 Å². The standard InChI is InChI=1S/C17H20BrN3O5/c1-17(2,3)26-16(25)20-7-6-19-13(22)9-21-14(23)11-5-4-10(18)8-12(11)15(21)24/h4-5,8H,6-7,9H2,1-3H3,(H,19,22)(H,20,25). The summed E-state index contributed by atoms with van der Waals surface area (Å²) in [5, 5.41) is 5.04. The topological polar surface area (TPSA) is 105 Å². The number of alkyl carbamates (subject to hydrolysis) is 1. The summed E-state index contributed by atoms with van der Waals surface area (Å²) < 4.78 is 5.74. The maximum atomic E-state index is 12.3. The van der Waals surface area contributed by atoms with E-state index in [1.807, 2.05) is 0 Å². The van der Waals surface area contributed by atoms with Crippen LogP contribution in [0, 0.1) is 0 Å². The van der Waals surface area contributed by atoms with Crippen LogP contribution in [0.15, 0.2) is 22.7 Å². The Morgan fingerprint density at radius 1 is 1.08 bits per heavy atom. The van der Waals surface area contributed by atoms with Crippen molar-refractivity contribution in [2.45, 2.75) is 26.4 Å². The SMILES string of the molecule is CC(C)(C)OC(=O)NCCNC(=O)CN1C(=O)c2ccc(Br)cc2C1=O. The minimum Gasteiger partial charge on any atom is -0.444 e. The van der Waals surface area contributed by atoms with Gasteiger partial charge in [0.05, 0.1) is 11.1 Å². The van der Waals surface area contributed by atoms with Gasteiger partial charge in [-0.25, -0.2) is 4.79 Å². The second-order valence-electron chi connectivity index (χ2n) is 6.66. The van der Waals surface area contributed by atoms with Gasteiger partial charge in [-0.05, 0) is 39.0 Å². The Morgan fingerprint density at radius 3 is 2.35 bits per heavy atom. The number of nitrogens with zero attached hydrogens (tertiary/aromatic N) is 1. The predicted molar refractivity (Wildman–Crippen MR) is 96.8 cm³/mol. The number of hydrogen-bond donors (Lipinski definition) is 2. The van der Waals surface area contributed by atoms with Crippen molar-refractivity contribution in [1.29, 1.82) is 0 Å². The number of nitrogens with one attached hydrogen (secondary N) is 2. The van der Waals surface area contributed by atoms with Crippen molar-refractivity contribution in [2.24, 2.45) is 0 Å². The number of carbonyl (C=O) groups excluding carboxylic acids is 4. The molecule has 1 aliphatic heterocycles. The second kappa shape index (κ2) is 7.86. The predicted octanol–water partition coefficient (Wildman–Crippen LogP) is 1.69. The summed E-state index contributed by atoms with van der Waals surface area (Å²) in [6, 6.07) is 4.76. The van der Waals surface area contributed by atoms with Crippen molar-refractivity contribution >= 4 is 39.7 Å². The Bertz CT molecular complexity index is 757. The van der Waals surface area contributed by atoms with Gasteiger partial charge in [0.15, 0.2) is 0 Å². The van der Waals surface area contributed by atoms with Gasteiger partial charge in [-0.1, -0.05) is 15.9 Å². The molecular weight excluding hydrogens is 406 g/mol. The lowest BCUT2D eigenvalue weighted by atomic mass is 10.1. The van der Waals surface area contributed by atoms with Crippen LogP contribution in [0.4, 0.5) is 4.79 Å². The average Bonchev–Trinajstić information content (AvgIpc) is 2.74. The van der Waals surface area contributed by atoms with Gasteiger partial charge in [0.2, 0.25) is 5.91 Å². The molecule has 0 bridgehead atoms. The molecule has 0 aromatic heterocycles. The largest absolute Gasteiger partial charge is 0.444 e. The molecule has 0 fully saturated rings. The van der Waals surface area contributed by atoms with Crippen LogP contribution >= 0.6 is 15.9 Å². The number of rotatable bonds is 5. The van der Waals surface area contributed by atoms with Crippen molar-refractivity contribution in [2.75, 3.05) is 19.6 Å². The summed E-state index contributed by atoms with van der Waals surface area (Å²) in [4.78, 5) is 48.9. The molecular formula is C17H20BrN3O5. The lowest BCUT2D eigenvalue weighted by molar-refractivity contribution is -0.121. The zero-order valence-electron chi connectivity index (χ0n) is 14.7. The normalized spacial score (nSPS) is 13.5. The molecule has 0 aliphatic carbocycles. The number of imide groups is 1. The van der Waals surface area contributed by atoms with Crippen LogP contribution in [-0.4, -0.2) is 54.0 Å². The average molecular weight is 426 g/mol. The molecule has 2 rings (SSSR count). The Kier molecular flexibility index (Phi) is 6.01. The fraction of sp³-hybridized carbons (Fsp3) is 0.412. The van der Waals surface area contributed by atoms with Gasteiger partial charge in [-0.2, -0.15) is 0 Å². The summed E-state index contributed by atoms with van der Waals surface area (Å²) in [6.45, 7) is 5.16. The molecule has 9 heteroatoms. The zero-order chi connectivity index (χ0) is 19.5. The molecule has 1 aromatic rings. The molecule has 4 amide bonds. The summed E-state index contributed by atoms with van der Waals surface area (Å²) in [5.74, 6) is -1.50. The van der Waals surface area contributed by atoms with Gasteiger partial charge < -0.3 is 15.4 Å². The Balaban J connectivity index is 1.79. The van der Waals surface area contributed by atoms with Crippen molar-refractivity contribution in [3.05, 3.63) is 33.8 Å². The molecule has 0 unspecified atom stereocenters. The summed E-state index contributed by atoms with van der Waals surface area (Å²) in [7, 11) is 0. The highest BCUT2D eigenvalue weighted by Crippen LogP contribution is 2.25. The number of hydrogen-bond acceptors (Lipinski definition) is 5. The van der Waals surface area contributed by atoms with E-state index in [0.717, 1.165) is 4.90 Å². The first kappa shape index (κ1) is 19.9. The highest BCUT2D eigenvalue weighted by atomic mass is 79.9. The number of amides is 4. The highest BCUT2D eigenvalue weighted by Gasteiger charge is 2.36. The number of halogens is 1. The van der Waals surface area contributed by atoms with E-state index in [4.69, 9.17) is 4.74 Å². The molecule has 8 nitrogen and oxygen atoms in total. The van der Waals surface area contributed by atoms with E-state index in [1.54, 1.807) is 39.0 Å². The fourth-order valence-electron chi connectivity index (χ4n) is 2.29. The molecule has 0 saturated heterocycles.